The van der Waals surface area contributed by atoms with E-state index in [9.17, 15) is 14.0 Å². The molecule has 1 amide bonds. The highest BCUT2D eigenvalue weighted by Crippen LogP contribution is 2.60. The maximum absolute atomic E-state index is 14.1. The van der Waals surface area contributed by atoms with Gasteiger partial charge in [-0.2, -0.15) is 0 Å². The van der Waals surface area contributed by atoms with Gasteiger partial charge in [0.1, 0.15) is 17.8 Å². The number of carbonyl (C=O) groups excluding carboxylic acids is 2. The van der Waals surface area contributed by atoms with Crippen molar-refractivity contribution in [3.05, 3.63) is 90.0 Å². The zero-order valence-electron chi connectivity index (χ0n) is 23.6. The standard InChI is InChI=1S/C34H35FN4O3/c1-20-30-29(16-15-26-12-11-24(19-38-26)22-6-4-7-25(35)17-22)28-8-3-2-5-23(28)18-34(30,33(41)42-20)32(40)39-27-13-9-21(10-14-27)31(36)37/h4,6-7,9-17,19-20,23,28-30H,2-3,5,8,18H2,1H3,(H3,36,37)(H,39,40)/b16-15+/t20-,23+,28-,29?,30+,34-/m1/s1. The topological polar surface area (TPSA) is 118 Å². The number of nitrogens with zero attached hydrogens (tertiary/aromatic N) is 1. The van der Waals surface area contributed by atoms with E-state index in [1.807, 2.05) is 31.2 Å². The van der Waals surface area contributed by atoms with E-state index in [0.29, 0.717) is 23.6 Å². The lowest BCUT2D eigenvalue weighted by Gasteiger charge is -2.50. The van der Waals surface area contributed by atoms with E-state index in [-0.39, 0.29) is 35.3 Å². The number of benzene rings is 2. The van der Waals surface area contributed by atoms with Crippen molar-refractivity contribution in [1.82, 2.24) is 4.98 Å². The van der Waals surface area contributed by atoms with Crippen LogP contribution in [-0.4, -0.2) is 28.8 Å². The van der Waals surface area contributed by atoms with Crippen LogP contribution >= 0.6 is 0 Å². The van der Waals surface area contributed by atoms with Crippen LogP contribution in [0.25, 0.3) is 17.2 Å². The number of hydrogen-bond donors (Lipinski definition) is 3. The van der Waals surface area contributed by atoms with Gasteiger partial charge in [0, 0.05) is 28.9 Å². The van der Waals surface area contributed by atoms with Gasteiger partial charge >= 0.3 is 5.97 Å². The average molecular weight is 567 g/mol. The molecule has 6 rings (SSSR count). The molecule has 42 heavy (non-hydrogen) atoms. The first-order valence-electron chi connectivity index (χ1n) is 14.6. The molecular formula is C34H35FN4O3. The number of pyridine rings is 1. The van der Waals surface area contributed by atoms with Gasteiger partial charge in [0.2, 0.25) is 5.91 Å². The third-order valence-corrected chi connectivity index (χ3v) is 9.49. The summed E-state index contributed by atoms with van der Waals surface area (Å²) < 4.78 is 19.6. The molecule has 2 saturated carbocycles. The van der Waals surface area contributed by atoms with E-state index in [0.717, 1.165) is 42.5 Å². The van der Waals surface area contributed by atoms with Gasteiger partial charge in [0.05, 0.1) is 5.69 Å². The third kappa shape index (κ3) is 4.99. The molecule has 6 atom stereocenters. The molecule has 3 aliphatic rings. The Labute approximate surface area is 244 Å². The van der Waals surface area contributed by atoms with Crippen molar-refractivity contribution in [3.8, 4) is 11.1 Å². The number of amidine groups is 1. The van der Waals surface area contributed by atoms with Crippen LogP contribution in [0.3, 0.4) is 0 Å². The number of carbonyl (C=O) groups is 2. The summed E-state index contributed by atoms with van der Waals surface area (Å²) in [5, 5.41) is 10.6. The van der Waals surface area contributed by atoms with Crippen molar-refractivity contribution in [3.63, 3.8) is 0 Å². The summed E-state index contributed by atoms with van der Waals surface area (Å²) in [6.07, 6.45) is 10.2. The summed E-state index contributed by atoms with van der Waals surface area (Å²) in [7, 11) is 0. The average Bonchev–Trinajstić information content (AvgIpc) is 3.25. The second kappa shape index (κ2) is 11.2. The first-order valence-corrected chi connectivity index (χ1v) is 14.6. The van der Waals surface area contributed by atoms with E-state index in [1.54, 1.807) is 36.5 Å². The van der Waals surface area contributed by atoms with E-state index in [2.05, 4.69) is 16.4 Å². The van der Waals surface area contributed by atoms with Crippen LogP contribution in [0.2, 0.25) is 0 Å². The SMILES string of the molecule is C[C@H]1OC(=O)[C@]2(C(=O)Nc3ccc(C(=N)N)cc3)C[C@@H]3CCCC[C@H]3C(/C=C/c3ccc(-c4cccc(F)c4)cn3)[C@H]12. The number of nitrogens with two attached hydrogens (primary N) is 1. The Morgan fingerprint density at radius 1 is 1.12 bits per heavy atom. The summed E-state index contributed by atoms with van der Waals surface area (Å²) >= 11 is 0. The molecule has 3 fully saturated rings. The minimum absolute atomic E-state index is 0.0407. The van der Waals surface area contributed by atoms with Crippen LogP contribution in [0.5, 0.6) is 0 Å². The summed E-state index contributed by atoms with van der Waals surface area (Å²) in [4.78, 5) is 32.3. The first-order chi connectivity index (χ1) is 20.3. The Balaban J connectivity index is 1.31. The Kier molecular flexibility index (Phi) is 7.39. The third-order valence-electron chi connectivity index (χ3n) is 9.49. The van der Waals surface area contributed by atoms with Crippen LogP contribution in [-0.2, 0) is 14.3 Å². The normalized spacial score (nSPS) is 28.5. The monoisotopic (exact) mass is 566 g/mol. The van der Waals surface area contributed by atoms with Gasteiger partial charge in [0.25, 0.3) is 0 Å². The molecule has 1 unspecified atom stereocenters. The van der Waals surface area contributed by atoms with E-state index < -0.39 is 17.5 Å². The van der Waals surface area contributed by atoms with Crippen molar-refractivity contribution < 1.29 is 18.7 Å². The van der Waals surface area contributed by atoms with Gasteiger partial charge in [0.15, 0.2) is 5.41 Å². The van der Waals surface area contributed by atoms with Crippen molar-refractivity contribution >= 4 is 29.5 Å². The number of anilines is 1. The minimum atomic E-state index is -1.29. The predicted octanol–water partition coefficient (Wildman–Crippen LogP) is 6.20. The zero-order valence-corrected chi connectivity index (χ0v) is 23.6. The first kappa shape index (κ1) is 27.8. The van der Waals surface area contributed by atoms with Gasteiger partial charge in [-0.05, 0) is 91.6 Å². The Morgan fingerprint density at radius 3 is 2.62 bits per heavy atom. The largest absolute Gasteiger partial charge is 0.461 e. The summed E-state index contributed by atoms with van der Waals surface area (Å²) in [5.41, 5.74) is 7.74. The molecule has 2 heterocycles. The lowest BCUT2D eigenvalue weighted by molar-refractivity contribution is -0.156. The summed E-state index contributed by atoms with van der Waals surface area (Å²) in [6.45, 7) is 1.90. The van der Waals surface area contributed by atoms with Crippen molar-refractivity contribution in [2.45, 2.75) is 45.1 Å². The lowest BCUT2D eigenvalue weighted by Crippen LogP contribution is -2.55. The molecule has 4 N–H and O–H groups in total. The van der Waals surface area contributed by atoms with Gasteiger partial charge in [-0.1, -0.05) is 43.5 Å². The van der Waals surface area contributed by atoms with Gasteiger partial charge in [-0.15, -0.1) is 0 Å². The fourth-order valence-corrected chi connectivity index (χ4v) is 7.55. The molecule has 7 nitrogen and oxygen atoms in total. The zero-order chi connectivity index (χ0) is 29.4. The van der Waals surface area contributed by atoms with Gasteiger partial charge in [-0.3, -0.25) is 20.0 Å². The predicted molar refractivity (Wildman–Crippen MR) is 160 cm³/mol. The van der Waals surface area contributed by atoms with E-state index in [4.69, 9.17) is 15.9 Å². The number of nitrogen functional groups attached to an aromatic ring is 1. The van der Waals surface area contributed by atoms with Crippen LogP contribution in [0, 0.1) is 40.3 Å². The Morgan fingerprint density at radius 2 is 1.90 bits per heavy atom. The highest BCUT2D eigenvalue weighted by molar-refractivity contribution is 6.10. The molecule has 0 radical (unpaired) electrons. The highest BCUT2D eigenvalue weighted by atomic mass is 19.1. The number of hydrogen-bond acceptors (Lipinski definition) is 5. The molecular weight excluding hydrogens is 531 g/mol. The number of fused-ring (bicyclic) bond motifs is 2. The molecule has 216 valence electrons. The number of cyclic esters (lactones) is 1. The van der Waals surface area contributed by atoms with Crippen LogP contribution < -0.4 is 11.1 Å². The lowest BCUT2D eigenvalue weighted by atomic mass is 9.51. The van der Waals surface area contributed by atoms with E-state index >= 15 is 0 Å². The fourth-order valence-electron chi connectivity index (χ4n) is 7.55. The molecule has 0 bridgehead atoms. The van der Waals surface area contributed by atoms with Crippen LogP contribution in [0.1, 0.15) is 50.3 Å². The fraction of sp³-hybridized carbons (Fsp3) is 0.353. The minimum Gasteiger partial charge on any atom is -0.461 e. The second-order valence-corrected chi connectivity index (χ2v) is 11.9. The molecule has 1 aliphatic heterocycles. The Bertz CT molecular complexity index is 1540. The molecule has 1 saturated heterocycles. The van der Waals surface area contributed by atoms with Gasteiger partial charge in [-0.25, -0.2) is 4.39 Å². The second-order valence-electron chi connectivity index (χ2n) is 11.9. The van der Waals surface area contributed by atoms with Gasteiger partial charge < -0.3 is 15.8 Å². The summed E-state index contributed by atoms with van der Waals surface area (Å²) in [6, 6.07) is 17.0. The van der Waals surface area contributed by atoms with Crippen LogP contribution in [0.4, 0.5) is 10.1 Å². The smallest absolute Gasteiger partial charge is 0.322 e. The van der Waals surface area contributed by atoms with Crippen LogP contribution in [0.15, 0.2) is 72.9 Å². The number of aromatic nitrogens is 1. The molecule has 2 aliphatic carbocycles. The summed E-state index contributed by atoms with van der Waals surface area (Å²) in [5.74, 6) is -0.905. The molecule has 2 aromatic carbocycles. The van der Waals surface area contributed by atoms with Crippen molar-refractivity contribution in [1.29, 1.82) is 5.41 Å². The quantitative estimate of drug-likeness (QED) is 0.142. The maximum atomic E-state index is 14.1. The number of ether oxygens (including phenoxy) is 1. The number of amides is 1. The molecule has 0 spiro atoms. The maximum Gasteiger partial charge on any atom is 0.322 e. The number of allylic oxidation sites excluding steroid dienone is 1. The number of halogens is 1. The highest BCUT2D eigenvalue weighted by Gasteiger charge is 2.67. The van der Waals surface area contributed by atoms with E-state index in [1.165, 1.54) is 12.1 Å². The van der Waals surface area contributed by atoms with Crippen molar-refractivity contribution in [2.75, 3.05) is 5.32 Å². The molecule has 3 aromatic rings. The number of nitrogens with one attached hydrogen (secondary N) is 2. The molecule has 1 aromatic heterocycles. The molecule has 8 heteroatoms. The van der Waals surface area contributed by atoms with Crippen molar-refractivity contribution in [2.24, 2.45) is 34.8 Å². The number of rotatable bonds is 6. The number of esters is 1. The Hall–Kier alpha value is -4.33.